The Kier molecular flexibility index (Phi) is 4.03. The molecule has 4 heterocycles. The van der Waals surface area contributed by atoms with E-state index in [1.807, 2.05) is 6.20 Å². The van der Waals surface area contributed by atoms with Gasteiger partial charge in [0.05, 0.1) is 0 Å². The highest BCUT2D eigenvalue weighted by atomic mass is 16.5. The van der Waals surface area contributed by atoms with E-state index in [1.54, 1.807) is 7.11 Å². The average molecular weight is 264 g/mol. The minimum Gasteiger partial charge on any atom is -0.385 e. The largest absolute Gasteiger partial charge is 0.385 e. The summed E-state index contributed by atoms with van der Waals surface area (Å²) in [5.41, 5.74) is 0. The molecule has 3 fully saturated rings. The summed E-state index contributed by atoms with van der Waals surface area (Å²) in [4.78, 5) is 7.03. The molecule has 19 heavy (non-hydrogen) atoms. The summed E-state index contributed by atoms with van der Waals surface area (Å²) in [6.45, 7) is 5.51. The number of aryl methyl sites for hydroxylation is 1. The Morgan fingerprint density at radius 2 is 2.26 bits per heavy atom. The fraction of sp³-hybridized carbons (Fsp3) is 0.786. The van der Waals surface area contributed by atoms with Gasteiger partial charge in [0.1, 0.15) is 0 Å². The molecule has 1 unspecified atom stereocenters. The fourth-order valence-electron chi connectivity index (χ4n) is 3.30. The third-order valence-corrected chi connectivity index (χ3v) is 4.43. The second-order valence-electron chi connectivity index (χ2n) is 5.68. The highest BCUT2D eigenvalue weighted by Gasteiger charge is 2.34. The lowest BCUT2D eigenvalue weighted by Gasteiger charge is -2.45. The van der Waals surface area contributed by atoms with E-state index in [0.717, 1.165) is 31.4 Å². The molecule has 4 rings (SSSR count). The van der Waals surface area contributed by atoms with Crippen molar-refractivity contribution >= 4 is 5.95 Å². The molecule has 0 radical (unpaired) electrons. The van der Waals surface area contributed by atoms with Gasteiger partial charge in [-0.05, 0) is 38.3 Å². The lowest BCUT2D eigenvalue weighted by Crippen LogP contribution is -2.53. The second-order valence-corrected chi connectivity index (χ2v) is 5.68. The topological polar surface area (TPSA) is 42.3 Å². The zero-order valence-electron chi connectivity index (χ0n) is 11.7. The molecule has 0 aliphatic carbocycles. The van der Waals surface area contributed by atoms with Gasteiger partial charge in [0, 0.05) is 45.2 Å². The summed E-state index contributed by atoms with van der Waals surface area (Å²) in [6, 6.07) is 0.575. The highest BCUT2D eigenvalue weighted by Crippen LogP contribution is 2.29. The Labute approximate surface area is 114 Å². The first-order valence-corrected chi connectivity index (χ1v) is 7.36. The van der Waals surface area contributed by atoms with Crippen molar-refractivity contribution in [2.45, 2.75) is 31.8 Å². The molecule has 0 aromatic carbocycles. The summed E-state index contributed by atoms with van der Waals surface area (Å²) in [6.07, 6.45) is 7.64. The maximum atomic E-state index is 5.11. The summed E-state index contributed by atoms with van der Waals surface area (Å²) >= 11 is 0. The molecule has 0 saturated carbocycles. The summed E-state index contributed by atoms with van der Waals surface area (Å²) in [5, 5.41) is 3.66. The predicted octanol–water partition coefficient (Wildman–Crippen LogP) is 1.43. The number of nitrogens with one attached hydrogen (secondary N) is 1. The van der Waals surface area contributed by atoms with Crippen LogP contribution in [0.25, 0.3) is 0 Å². The van der Waals surface area contributed by atoms with Crippen molar-refractivity contribution < 1.29 is 4.74 Å². The van der Waals surface area contributed by atoms with Crippen LogP contribution in [0.15, 0.2) is 12.4 Å². The Bertz CT molecular complexity index is 398. The van der Waals surface area contributed by atoms with Crippen LogP contribution in [0, 0.1) is 5.92 Å². The van der Waals surface area contributed by atoms with Crippen molar-refractivity contribution in [2.75, 3.05) is 38.7 Å². The van der Waals surface area contributed by atoms with Crippen LogP contribution < -0.4 is 5.32 Å². The Morgan fingerprint density at radius 1 is 1.42 bits per heavy atom. The molecule has 5 heteroatoms. The number of hydrogen-bond acceptors (Lipinski definition) is 4. The first-order chi connectivity index (χ1) is 9.36. The number of fused-ring (bicyclic) bond motifs is 3. The van der Waals surface area contributed by atoms with Crippen LogP contribution in [-0.2, 0) is 11.3 Å². The molecule has 106 valence electrons. The molecule has 1 atom stereocenters. The number of ether oxygens (including phenoxy) is 1. The lowest BCUT2D eigenvalue weighted by molar-refractivity contribution is 0.0970. The Morgan fingerprint density at radius 3 is 2.95 bits per heavy atom. The van der Waals surface area contributed by atoms with Crippen LogP contribution in [0.4, 0.5) is 5.95 Å². The van der Waals surface area contributed by atoms with E-state index in [9.17, 15) is 0 Å². The third-order valence-electron chi connectivity index (χ3n) is 4.43. The lowest BCUT2D eigenvalue weighted by atomic mass is 9.84. The molecule has 3 aliphatic rings. The molecule has 3 saturated heterocycles. The van der Waals surface area contributed by atoms with Gasteiger partial charge in [0.2, 0.25) is 5.95 Å². The molecule has 5 nitrogen and oxygen atoms in total. The van der Waals surface area contributed by atoms with Gasteiger partial charge < -0.3 is 19.5 Å². The van der Waals surface area contributed by atoms with E-state index in [2.05, 4.69) is 26.0 Å². The van der Waals surface area contributed by atoms with Gasteiger partial charge in [0.15, 0.2) is 0 Å². The van der Waals surface area contributed by atoms with E-state index in [0.29, 0.717) is 6.04 Å². The summed E-state index contributed by atoms with van der Waals surface area (Å²) in [7, 11) is 1.75. The zero-order chi connectivity index (χ0) is 13.1. The second kappa shape index (κ2) is 5.92. The number of piperidine rings is 3. The van der Waals surface area contributed by atoms with Gasteiger partial charge in [-0.15, -0.1) is 0 Å². The highest BCUT2D eigenvalue weighted by molar-refractivity contribution is 5.29. The Hall–Kier alpha value is -1.07. The van der Waals surface area contributed by atoms with Gasteiger partial charge in [-0.2, -0.15) is 0 Å². The average Bonchev–Trinajstić information content (AvgIpc) is 2.88. The molecule has 0 spiro atoms. The van der Waals surface area contributed by atoms with Crippen molar-refractivity contribution in [3.63, 3.8) is 0 Å². The molecular formula is C14H24N4O. The van der Waals surface area contributed by atoms with Gasteiger partial charge in [0.25, 0.3) is 0 Å². The van der Waals surface area contributed by atoms with Crippen molar-refractivity contribution in [3.8, 4) is 0 Å². The normalized spacial score (nSPS) is 29.6. The minimum atomic E-state index is 0.575. The quantitative estimate of drug-likeness (QED) is 0.789. The molecule has 0 amide bonds. The van der Waals surface area contributed by atoms with Crippen LogP contribution in [0.3, 0.4) is 0 Å². The number of aromatic nitrogens is 2. The van der Waals surface area contributed by atoms with Gasteiger partial charge in [-0.3, -0.25) is 0 Å². The monoisotopic (exact) mass is 264 g/mol. The van der Waals surface area contributed by atoms with Crippen LogP contribution in [0.1, 0.15) is 19.3 Å². The maximum absolute atomic E-state index is 5.11. The number of hydrogen-bond donors (Lipinski definition) is 1. The molecule has 2 bridgehead atoms. The van der Waals surface area contributed by atoms with Crippen LogP contribution in [-0.4, -0.2) is 53.8 Å². The molecule has 1 N–H and O–H groups in total. The number of methoxy groups -OCH3 is 1. The number of imidazole rings is 1. The van der Waals surface area contributed by atoms with Gasteiger partial charge >= 0.3 is 0 Å². The van der Waals surface area contributed by atoms with E-state index < -0.39 is 0 Å². The smallest absolute Gasteiger partial charge is 0.203 e. The summed E-state index contributed by atoms with van der Waals surface area (Å²) in [5.74, 6) is 1.85. The molecule has 3 aliphatic heterocycles. The van der Waals surface area contributed by atoms with Crippen LogP contribution in [0.5, 0.6) is 0 Å². The van der Waals surface area contributed by atoms with Gasteiger partial charge in [-0.25, -0.2) is 4.98 Å². The summed E-state index contributed by atoms with van der Waals surface area (Å²) < 4.78 is 7.31. The van der Waals surface area contributed by atoms with Crippen molar-refractivity contribution in [1.29, 1.82) is 0 Å². The molecule has 1 aromatic heterocycles. The van der Waals surface area contributed by atoms with E-state index >= 15 is 0 Å². The number of rotatable bonds is 6. The first-order valence-electron chi connectivity index (χ1n) is 7.36. The van der Waals surface area contributed by atoms with E-state index in [4.69, 9.17) is 4.74 Å². The third kappa shape index (κ3) is 2.92. The van der Waals surface area contributed by atoms with E-state index in [1.165, 1.54) is 32.5 Å². The number of nitrogens with zero attached hydrogens (tertiary/aromatic N) is 3. The Balaban J connectivity index is 1.59. The zero-order valence-corrected chi connectivity index (χ0v) is 11.7. The van der Waals surface area contributed by atoms with Crippen LogP contribution >= 0.6 is 0 Å². The SMILES string of the molecule is COCCCn1ccnc1NC1CN2CCC1CC2. The number of anilines is 1. The fourth-order valence-corrected chi connectivity index (χ4v) is 3.30. The minimum absolute atomic E-state index is 0.575. The standard InChI is InChI=1S/C14H24N4O/c1-19-10-2-6-18-9-5-15-14(18)16-13-11-17-7-3-12(13)4-8-17/h5,9,12-13H,2-4,6-8,10-11H2,1H3,(H,15,16). The predicted molar refractivity (Wildman–Crippen MR) is 75.3 cm³/mol. The van der Waals surface area contributed by atoms with Crippen molar-refractivity contribution in [1.82, 2.24) is 14.5 Å². The molecule has 1 aromatic rings. The first kappa shape index (κ1) is 12.9. The van der Waals surface area contributed by atoms with E-state index in [-0.39, 0.29) is 0 Å². The van der Waals surface area contributed by atoms with Crippen molar-refractivity contribution in [2.24, 2.45) is 5.92 Å². The van der Waals surface area contributed by atoms with Crippen molar-refractivity contribution in [3.05, 3.63) is 12.4 Å². The molecular weight excluding hydrogens is 240 g/mol. The van der Waals surface area contributed by atoms with Crippen LogP contribution in [0.2, 0.25) is 0 Å². The van der Waals surface area contributed by atoms with Gasteiger partial charge in [-0.1, -0.05) is 0 Å². The maximum Gasteiger partial charge on any atom is 0.203 e.